The third kappa shape index (κ3) is 7.65. The van der Waals surface area contributed by atoms with E-state index in [1.54, 1.807) is 41.5 Å². The van der Waals surface area contributed by atoms with Crippen LogP contribution in [-0.4, -0.2) is 65.0 Å². The first-order valence-corrected chi connectivity index (χ1v) is 12.7. The molecular weight excluding hydrogens is 550 g/mol. The number of anilines is 1. The molecule has 1 aliphatic heterocycles. The van der Waals surface area contributed by atoms with E-state index in [4.69, 9.17) is 14.2 Å². The van der Waals surface area contributed by atoms with E-state index >= 15 is 0 Å². The van der Waals surface area contributed by atoms with Crippen LogP contribution in [0.4, 0.5) is 33.0 Å². The van der Waals surface area contributed by atoms with Crippen LogP contribution >= 0.6 is 0 Å². The third-order valence-corrected chi connectivity index (χ3v) is 5.90. The summed E-state index contributed by atoms with van der Waals surface area (Å²) in [5, 5.41) is 0. The highest BCUT2D eigenvalue weighted by molar-refractivity contribution is 5.89. The smallest absolute Gasteiger partial charge is 0.419 e. The van der Waals surface area contributed by atoms with Crippen molar-refractivity contribution < 1.29 is 46.2 Å². The van der Waals surface area contributed by atoms with Crippen molar-refractivity contribution in [3.63, 3.8) is 0 Å². The fraction of sp³-hybridized carbons (Fsp3) is 0.500. The minimum Gasteiger partial charge on any atom is -0.467 e. The lowest BCUT2D eigenvalue weighted by Gasteiger charge is -2.31. The fourth-order valence-corrected chi connectivity index (χ4v) is 4.28. The zero-order chi connectivity index (χ0) is 30.9. The van der Waals surface area contributed by atoms with Gasteiger partial charge in [0.05, 0.1) is 24.4 Å². The van der Waals surface area contributed by atoms with E-state index in [1.807, 2.05) is 0 Å². The minimum atomic E-state index is -4.93. The number of carbonyl (C=O) groups is 3. The lowest BCUT2D eigenvalue weighted by molar-refractivity contribution is -0.145. The van der Waals surface area contributed by atoms with Gasteiger partial charge in [0.1, 0.15) is 28.9 Å². The highest BCUT2D eigenvalue weighted by Gasteiger charge is 2.47. The van der Waals surface area contributed by atoms with Gasteiger partial charge >= 0.3 is 24.3 Å². The Morgan fingerprint density at radius 2 is 1.56 bits per heavy atom. The van der Waals surface area contributed by atoms with Gasteiger partial charge in [0.25, 0.3) is 0 Å². The average Bonchev–Trinajstić information content (AvgIpc) is 3.26. The van der Waals surface area contributed by atoms with Crippen molar-refractivity contribution in [2.45, 2.75) is 77.4 Å². The molecule has 1 fully saturated rings. The van der Waals surface area contributed by atoms with Crippen molar-refractivity contribution >= 4 is 24.0 Å². The molecule has 0 spiro atoms. The van der Waals surface area contributed by atoms with Crippen molar-refractivity contribution in [3.8, 4) is 11.3 Å². The van der Waals surface area contributed by atoms with Crippen molar-refractivity contribution in [2.24, 2.45) is 0 Å². The Morgan fingerprint density at radius 3 is 2.12 bits per heavy atom. The first-order valence-electron chi connectivity index (χ1n) is 12.7. The van der Waals surface area contributed by atoms with Crippen LogP contribution in [0.25, 0.3) is 11.3 Å². The van der Waals surface area contributed by atoms with E-state index in [2.05, 4.69) is 4.98 Å². The summed E-state index contributed by atoms with van der Waals surface area (Å²) in [5.74, 6) is -2.35. The van der Waals surface area contributed by atoms with E-state index in [-0.39, 0.29) is 24.5 Å². The Hall–Kier alpha value is -3.90. The Bertz CT molecular complexity index is 1300. The van der Waals surface area contributed by atoms with E-state index in [1.165, 1.54) is 18.2 Å². The zero-order valence-corrected chi connectivity index (χ0v) is 23.8. The summed E-state index contributed by atoms with van der Waals surface area (Å²) >= 11 is 0. The van der Waals surface area contributed by atoms with Crippen LogP contribution in [-0.2, 0) is 25.2 Å². The van der Waals surface area contributed by atoms with Crippen LogP contribution in [0.1, 0.15) is 53.5 Å². The molecule has 0 aliphatic carbocycles. The summed E-state index contributed by atoms with van der Waals surface area (Å²) in [6.07, 6.45) is -6.73. The molecule has 1 saturated heterocycles. The Morgan fingerprint density at radius 1 is 0.951 bits per heavy atom. The molecule has 2 aromatic rings. The number of hydrogen-bond acceptors (Lipinski definition) is 7. The molecule has 0 saturated carbocycles. The highest BCUT2D eigenvalue weighted by Crippen LogP contribution is 2.36. The summed E-state index contributed by atoms with van der Waals surface area (Å²) in [7, 11) is 1.16. The summed E-state index contributed by atoms with van der Waals surface area (Å²) in [4.78, 5) is 45.7. The molecule has 1 aliphatic rings. The number of likely N-dealkylation sites (tertiary alicyclic amines) is 1. The van der Waals surface area contributed by atoms with Gasteiger partial charge in [-0.3, -0.25) is 9.80 Å². The van der Waals surface area contributed by atoms with Crippen LogP contribution < -0.4 is 4.90 Å². The average molecular weight is 584 g/mol. The number of hydrogen-bond donors (Lipinski definition) is 0. The van der Waals surface area contributed by atoms with Crippen molar-refractivity contribution in [1.29, 1.82) is 0 Å². The summed E-state index contributed by atoms with van der Waals surface area (Å²) in [5.41, 5.74) is -3.92. The van der Waals surface area contributed by atoms with Crippen LogP contribution in [0.15, 0.2) is 36.4 Å². The van der Waals surface area contributed by atoms with Crippen molar-refractivity contribution in [1.82, 2.24) is 9.88 Å². The van der Waals surface area contributed by atoms with E-state index < -0.39 is 64.6 Å². The van der Waals surface area contributed by atoms with Gasteiger partial charge in [0, 0.05) is 18.5 Å². The largest absolute Gasteiger partial charge is 0.467 e. The maximum Gasteiger partial charge on any atom is 0.419 e. The molecule has 3 rings (SSSR count). The monoisotopic (exact) mass is 583 g/mol. The number of carbonyl (C=O) groups excluding carboxylic acids is 3. The highest BCUT2D eigenvalue weighted by atomic mass is 19.4. The van der Waals surface area contributed by atoms with Gasteiger partial charge in [-0.25, -0.2) is 23.8 Å². The molecule has 2 amide bonds. The normalized spacial score (nSPS) is 17.7. The standard InChI is InChI=1S/C28H33F4N3O6/c1-26(2,3)40-24(37)34-15-16(14-20(34)23(36)39-7)35(25(38)41-27(4,5)6)21-13-9-12-19(33-21)17-10-8-11-18(22(17)29)28(30,31)32/h8-13,16,20H,14-15H2,1-7H3/t16-,20-/m0/s1. The summed E-state index contributed by atoms with van der Waals surface area (Å²) < 4.78 is 70.9. The van der Waals surface area contributed by atoms with E-state index in [0.29, 0.717) is 6.07 Å². The number of ether oxygens (including phenoxy) is 3. The topological polar surface area (TPSA) is 98.3 Å². The van der Waals surface area contributed by atoms with Crippen LogP contribution in [0.3, 0.4) is 0 Å². The molecule has 2 atom stereocenters. The molecule has 41 heavy (non-hydrogen) atoms. The number of rotatable bonds is 4. The lowest BCUT2D eigenvalue weighted by atomic mass is 10.1. The van der Waals surface area contributed by atoms with Crippen LogP contribution in [0.2, 0.25) is 0 Å². The number of esters is 1. The molecule has 224 valence electrons. The number of halogens is 4. The quantitative estimate of drug-likeness (QED) is 0.240. The molecular formula is C28H33F4N3O6. The number of methoxy groups -OCH3 is 1. The van der Waals surface area contributed by atoms with Crippen molar-refractivity contribution in [2.75, 3.05) is 18.6 Å². The predicted octanol–water partition coefficient (Wildman–Crippen LogP) is 6.20. The summed E-state index contributed by atoms with van der Waals surface area (Å²) in [6.45, 7) is 9.66. The number of pyridine rings is 1. The SMILES string of the molecule is COC(=O)[C@@H]1C[C@H](N(C(=O)OC(C)(C)C)c2cccc(-c3cccc(C(F)(F)F)c3F)n2)CN1C(=O)OC(C)(C)C. The fourth-order valence-electron chi connectivity index (χ4n) is 4.28. The van der Waals surface area contributed by atoms with Gasteiger partial charge in [-0.1, -0.05) is 12.1 Å². The van der Waals surface area contributed by atoms with E-state index in [9.17, 15) is 31.9 Å². The predicted molar refractivity (Wildman–Crippen MR) is 140 cm³/mol. The lowest BCUT2D eigenvalue weighted by Crippen LogP contribution is -2.46. The molecule has 13 heteroatoms. The number of benzene rings is 1. The molecule has 0 N–H and O–H groups in total. The first-order chi connectivity index (χ1) is 18.8. The number of amides is 2. The second-order valence-electron chi connectivity index (χ2n) is 11.5. The zero-order valence-electron chi connectivity index (χ0n) is 23.8. The molecule has 1 aromatic heterocycles. The number of nitrogens with zero attached hydrogens (tertiary/aromatic N) is 3. The second kappa shape index (κ2) is 11.5. The second-order valence-corrected chi connectivity index (χ2v) is 11.5. The summed E-state index contributed by atoms with van der Waals surface area (Å²) in [6, 6.07) is 4.89. The van der Waals surface area contributed by atoms with Gasteiger partial charge in [0.15, 0.2) is 0 Å². The van der Waals surface area contributed by atoms with E-state index in [0.717, 1.165) is 29.0 Å². The number of aromatic nitrogens is 1. The minimum absolute atomic E-state index is 0.0883. The van der Waals surface area contributed by atoms with Gasteiger partial charge in [-0.05, 0) is 65.8 Å². The third-order valence-electron chi connectivity index (χ3n) is 5.90. The Balaban J connectivity index is 2.09. The molecule has 2 heterocycles. The number of alkyl halides is 3. The molecule has 0 bridgehead atoms. The molecule has 9 nitrogen and oxygen atoms in total. The van der Waals surface area contributed by atoms with Crippen LogP contribution in [0.5, 0.6) is 0 Å². The van der Waals surface area contributed by atoms with Gasteiger partial charge in [-0.2, -0.15) is 13.2 Å². The van der Waals surface area contributed by atoms with Gasteiger partial charge in [0.2, 0.25) is 0 Å². The Kier molecular flexibility index (Phi) is 8.90. The van der Waals surface area contributed by atoms with Gasteiger partial charge in [-0.15, -0.1) is 0 Å². The molecule has 1 aromatic carbocycles. The molecule has 0 unspecified atom stereocenters. The van der Waals surface area contributed by atoms with Gasteiger partial charge < -0.3 is 14.2 Å². The maximum atomic E-state index is 14.9. The van der Waals surface area contributed by atoms with Crippen molar-refractivity contribution in [3.05, 3.63) is 47.8 Å². The van der Waals surface area contributed by atoms with Crippen LogP contribution in [0, 0.1) is 5.82 Å². The maximum absolute atomic E-state index is 14.9. The first kappa shape index (κ1) is 31.6. The Labute approximate surface area is 235 Å². The molecule has 0 radical (unpaired) electrons.